The van der Waals surface area contributed by atoms with Crippen LogP contribution in [0.1, 0.15) is 0 Å². The predicted octanol–water partition coefficient (Wildman–Crippen LogP) is -0.519. The van der Waals surface area contributed by atoms with Gasteiger partial charge in [0.1, 0.15) is 0 Å². The molecule has 0 aromatic rings. The van der Waals surface area contributed by atoms with Crippen molar-refractivity contribution in [1.29, 1.82) is 5.26 Å². The molecule has 0 saturated carbocycles. The molecule has 0 aliphatic carbocycles. The van der Waals surface area contributed by atoms with Crippen LogP contribution in [0.25, 0.3) is 0 Å². The SMILES string of the molecule is N#CC1CN(C(=O)O)CC1O. The Morgan fingerprint density at radius 2 is 2.27 bits per heavy atom. The first-order chi connectivity index (χ1) is 5.15. The predicted molar refractivity (Wildman–Crippen MR) is 34.7 cm³/mol. The summed E-state index contributed by atoms with van der Waals surface area (Å²) in [6.07, 6.45) is -1.90. The van der Waals surface area contributed by atoms with Gasteiger partial charge in [0.15, 0.2) is 0 Å². The number of amides is 1. The van der Waals surface area contributed by atoms with E-state index in [4.69, 9.17) is 15.5 Å². The molecule has 1 aliphatic rings. The summed E-state index contributed by atoms with van der Waals surface area (Å²) in [5.41, 5.74) is 0. The zero-order valence-corrected chi connectivity index (χ0v) is 5.77. The van der Waals surface area contributed by atoms with E-state index in [2.05, 4.69) is 0 Å². The van der Waals surface area contributed by atoms with E-state index in [9.17, 15) is 4.79 Å². The summed E-state index contributed by atoms with van der Waals surface area (Å²) in [4.78, 5) is 11.4. The zero-order chi connectivity index (χ0) is 8.43. The Bertz CT molecular complexity index is 210. The fraction of sp³-hybridized carbons (Fsp3) is 0.667. The van der Waals surface area contributed by atoms with Crippen LogP contribution in [-0.2, 0) is 0 Å². The van der Waals surface area contributed by atoms with E-state index >= 15 is 0 Å². The second kappa shape index (κ2) is 2.76. The highest BCUT2D eigenvalue weighted by Crippen LogP contribution is 2.15. The number of aliphatic hydroxyl groups is 1. The van der Waals surface area contributed by atoms with Gasteiger partial charge in [-0.3, -0.25) is 0 Å². The molecule has 2 N–H and O–H groups in total. The molecule has 11 heavy (non-hydrogen) atoms. The van der Waals surface area contributed by atoms with Crippen LogP contribution in [0.4, 0.5) is 4.79 Å². The zero-order valence-electron chi connectivity index (χ0n) is 5.77. The van der Waals surface area contributed by atoms with Gasteiger partial charge in [0, 0.05) is 6.54 Å². The first-order valence-corrected chi connectivity index (χ1v) is 3.20. The van der Waals surface area contributed by atoms with Gasteiger partial charge in [0.2, 0.25) is 0 Å². The van der Waals surface area contributed by atoms with Crippen LogP contribution in [0.2, 0.25) is 0 Å². The minimum absolute atomic E-state index is 0.0492. The van der Waals surface area contributed by atoms with Gasteiger partial charge in [-0.2, -0.15) is 5.26 Å². The van der Waals surface area contributed by atoms with Crippen molar-refractivity contribution in [3.05, 3.63) is 0 Å². The van der Waals surface area contributed by atoms with Crippen molar-refractivity contribution >= 4 is 6.09 Å². The summed E-state index contributed by atoms with van der Waals surface area (Å²) in [6, 6.07) is 1.84. The van der Waals surface area contributed by atoms with E-state index in [0.717, 1.165) is 4.90 Å². The quantitative estimate of drug-likeness (QED) is 0.494. The molecule has 2 unspecified atom stereocenters. The van der Waals surface area contributed by atoms with E-state index < -0.39 is 18.1 Å². The molecular formula is C6H8N2O3. The number of nitrogens with zero attached hydrogens (tertiary/aromatic N) is 2. The van der Waals surface area contributed by atoms with Crippen molar-refractivity contribution in [2.75, 3.05) is 13.1 Å². The second-order valence-electron chi connectivity index (χ2n) is 2.49. The summed E-state index contributed by atoms with van der Waals surface area (Å²) < 4.78 is 0. The largest absolute Gasteiger partial charge is 0.465 e. The van der Waals surface area contributed by atoms with Gasteiger partial charge < -0.3 is 15.1 Å². The monoisotopic (exact) mass is 156 g/mol. The van der Waals surface area contributed by atoms with E-state index in [0.29, 0.717) is 0 Å². The molecule has 0 aromatic heterocycles. The Morgan fingerprint density at radius 1 is 1.64 bits per heavy atom. The molecule has 5 nitrogen and oxygen atoms in total. The van der Waals surface area contributed by atoms with Gasteiger partial charge in [-0.15, -0.1) is 0 Å². The van der Waals surface area contributed by atoms with Crippen molar-refractivity contribution in [2.24, 2.45) is 5.92 Å². The van der Waals surface area contributed by atoms with E-state index in [1.165, 1.54) is 0 Å². The molecule has 1 fully saturated rings. The molecule has 1 heterocycles. The number of hydrogen-bond acceptors (Lipinski definition) is 3. The Labute approximate surface area is 63.5 Å². The molecule has 1 saturated heterocycles. The summed E-state index contributed by atoms with van der Waals surface area (Å²) >= 11 is 0. The number of hydrogen-bond donors (Lipinski definition) is 2. The number of carboxylic acid groups (broad SMARTS) is 1. The van der Waals surface area contributed by atoms with E-state index in [1.807, 2.05) is 6.07 Å². The van der Waals surface area contributed by atoms with Gasteiger partial charge in [0.25, 0.3) is 0 Å². The minimum atomic E-state index is -1.08. The first kappa shape index (κ1) is 7.82. The molecule has 0 aromatic carbocycles. The van der Waals surface area contributed by atoms with Crippen LogP contribution in [-0.4, -0.2) is 40.4 Å². The maximum absolute atomic E-state index is 10.3. The minimum Gasteiger partial charge on any atom is -0.465 e. The molecule has 1 aliphatic heterocycles. The molecule has 1 amide bonds. The average molecular weight is 156 g/mol. The smallest absolute Gasteiger partial charge is 0.407 e. The van der Waals surface area contributed by atoms with Crippen LogP contribution in [0.5, 0.6) is 0 Å². The topological polar surface area (TPSA) is 84.6 Å². The summed E-state index contributed by atoms with van der Waals surface area (Å²) in [7, 11) is 0. The first-order valence-electron chi connectivity index (χ1n) is 3.20. The number of rotatable bonds is 0. The molecule has 0 spiro atoms. The maximum atomic E-state index is 10.3. The third kappa shape index (κ3) is 1.41. The molecule has 0 radical (unpaired) electrons. The maximum Gasteiger partial charge on any atom is 0.407 e. The van der Waals surface area contributed by atoms with Crippen molar-refractivity contribution in [3.63, 3.8) is 0 Å². The van der Waals surface area contributed by atoms with Crippen LogP contribution < -0.4 is 0 Å². The molecule has 0 bridgehead atoms. The number of β-amino-alcohol motifs (C(OH)–C–C–N with tert-alkyl or cyclic N) is 1. The average Bonchev–Trinajstić information content (AvgIpc) is 2.31. The summed E-state index contributed by atoms with van der Waals surface area (Å²) in [5, 5.41) is 25.9. The highest BCUT2D eigenvalue weighted by Gasteiger charge is 2.33. The van der Waals surface area contributed by atoms with Gasteiger partial charge >= 0.3 is 6.09 Å². The number of nitriles is 1. The normalized spacial score (nSPS) is 30.0. The van der Waals surface area contributed by atoms with Gasteiger partial charge in [-0.25, -0.2) is 4.79 Å². The second-order valence-corrected chi connectivity index (χ2v) is 2.49. The standard InChI is InChI=1S/C6H8N2O3/c7-1-4-2-8(6(10)11)3-5(4)9/h4-5,9H,2-3H2,(H,10,11). The molecule has 2 atom stereocenters. The lowest BCUT2D eigenvalue weighted by Gasteiger charge is -2.08. The van der Waals surface area contributed by atoms with Crippen molar-refractivity contribution in [1.82, 2.24) is 4.90 Å². The molecular weight excluding hydrogens is 148 g/mol. The van der Waals surface area contributed by atoms with Crippen LogP contribution >= 0.6 is 0 Å². The van der Waals surface area contributed by atoms with Crippen LogP contribution in [0.15, 0.2) is 0 Å². The summed E-state index contributed by atoms with van der Waals surface area (Å²) in [5.74, 6) is -0.564. The van der Waals surface area contributed by atoms with Gasteiger partial charge in [-0.05, 0) is 0 Å². The molecule has 1 rings (SSSR count). The third-order valence-electron chi connectivity index (χ3n) is 1.73. The Morgan fingerprint density at radius 3 is 2.55 bits per heavy atom. The van der Waals surface area contributed by atoms with Gasteiger partial charge in [0.05, 0.1) is 24.6 Å². The number of likely N-dealkylation sites (tertiary alicyclic amines) is 1. The Hall–Kier alpha value is -1.28. The number of aliphatic hydroxyl groups excluding tert-OH is 1. The fourth-order valence-electron chi connectivity index (χ4n) is 1.07. The fourth-order valence-corrected chi connectivity index (χ4v) is 1.07. The van der Waals surface area contributed by atoms with Crippen LogP contribution in [0.3, 0.4) is 0 Å². The molecule has 5 heteroatoms. The highest BCUT2D eigenvalue weighted by atomic mass is 16.4. The van der Waals surface area contributed by atoms with Gasteiger partial charge in [-0.1, -0.05) is 0 Å². The van der Waals surface area contributed by atoms with E-state index in [-0.39, 0.29) is 13.1 Å². The highest BCUT2D eigenvalue weighted by molar-refractivity contribution is 5.65. The number of carbonyl (C=O) groups is 1. The van der Waals surface area contributed by atoms with Crippen molar-refractivity contribution in [3.8, 4) is 6.07 Å². The molecule has 60 valence electrons. The van der Waals surface area contributed by atoms with Crippen molar-refractivity contribution in [2.45, 2.75) is 6.10 Å². The lowest BCUT2D eigenvalue weighted by atomic mass is 10.1. The van der Waals surface area contributed by atoms with Crippen LogP contribution in [0, 0.1) is 17.2 Å². The lowest BCUT2D eigenvalue weighted by Crippen LogP contribution is -2.27. The van der Waals surface area contributed by atoms with E-state index in [1.54, 1.807) is 0 Å². The summed E-state index contributed by atoms with van der Waals surface area (Å²) in [6.45, 7) is 0.167. The Balaban J connectivity index is 2.58. The lowest BCUT2D eigenvalue weighted by molar-refractivity contribution is 0.137. The third-order valence-corrected chi connectivity index (χ3v) is 1.73. The Kier molecular flexibility index (Phi) is 1.96. The van der Waals surface area contributed by atoms with Crippen molar-refractivity contribution < 1.29 is 15.0 Å².